The van der Waals surface area contributed by atoms with E-state index in [1.807, 2.05) is 13.8 Å². The standard InChI is InChI=1S/C12H18N2O3S/c1-8(2)9-5-10(12(13)15)7-11(6-9)18(16,17)14(3)4/h5-8H,1-4H3,(H2,13,15). The van der Waals surface area contributed by atoms with Gasteiger partial charge in [0.05, 0.1) is 4.90 Å². The number of amides is 1. The lowest BCUT2D eigenvalue weighted by Crippen LogP contribution is -2.23. The zero-order valence-electron chi connectivity index (χ0n) is 11.0. The second-order valence-corrected chi connectivity index (χ2v) is 6.75. The highest BCUT2D eigenvalue weighted by Gasteiger charge is 2.20. The Hall–Kier alpha value is -1.40. The topological polar surface area (TPSA) is 80.5 Å². The summed E-state index contributed by atoms with van der Waals surface area (Å²) in [6, 6.07) is 4.51. The summed E-state index contributed by atoms with van der Waals surface area (Å²) in [6.07, 6.45) is 0. The Bertz CT molecular complexity index is 563. The molecule has 0 saturated heterocycles. The Morgan fingerprint density at radius 2 is 1.78 bits per heavy atom. The minimum Gasteiger partial charge on any atom is -0.366 e. The van der Waals surface area contributed by atoms with Gasteiger partial charge in [0.25, 0.3) is 0 Å². The third-order valence-corrected chi connectivity index (χ3v) is 4.45. The highest BCUT2D eigenvalue weighted by atomic mass is 32.2. The van der Waals surface area contributed by atoms with E-state index in [9.17, 15) is 13.2 Å². The van der Waals surface area contributed by atoms with E-state index in [4.69, 9.17) is 5.73 Å². The largest absolute Gasteiger partial charge is 0.366 e. The first kappa shape index (κ1) is 14.7. The van der Waals surface area contributed by atoms with Gasteiger partial charge in [0.1, 0.15) is 0 Å². The van der Waals surface area contributed by atoms with E-state index in [0.717, 1.165) is 9.87 Å². The summed E-state index contributed by atoms with van der Waals surface area (Å²) in [6.45, 7) is 3.85. The van der Waals surface area contributed by atoms with Crippen molar-refractivity contribution in [3.8, 4) is 0 Å². The van der Waals surface area contributed by atoms with Crippen LogP contribution in [0.25, 0.3) is 0 Å². The smallest absolute Gasteiger partial charge is 0.248 e. The second kappa shape index (κ2) is 5.07. The molecule has 6 heteroatoms. The van der Waals surface area contributed by atoms with Crippen LogP contribution in [0.4, 0.5) is 0 Å². The van der Waals surface area contributed by atoms with Gasteiger partial charge in [0.15, 0.2) is 0 Å². The average molecular weight is 270 g/mol. The van der Waals surface area contributed by atoms with Gasteiger partial charge in [-0.3, -0.25) is 4.79 Å². The molecule has 0 aliphatic carbocycles. The van der Waals surface area contributed by atoms with Crippen molar-refractivity contribution >= 4 is 15.9 Å². The van der Waals surface area contributed by atoms with E-state index in [1.165, 1.54) is 20.2 Å². The fourth-order valence-corrected chi connectivity index (χ4v) is 2.44. The summed E-state index contributed by atoms with van der Waals surface area (Å²) in [4.78, 5) is 11.3. The van der Waals surface area contributed by atoms with Crippen LogP contribution in [0.3, 0.4) is 0 Å². The zero-order valence-corrected chi connectivity index (χ0v) is 11.8. The van der Waals surface area contributed by atoms with Crippen LogP contribution < -0.4 is 5.73 Å². The van der Waals surface area contributed by atoms with Gasteiger partial charge in [-0.15, -0.1) is 0 Å². The lowest BCUT2D eigenvalue weighted by atomic mass is 10.0. The monoisotopic (exact) mass is 270 g/mol. The molecule has 0 aliphatic rings. The molecule has 0 aliphatic heterocycles. The first-order valence-electron chi connectivity index (χ1n) is 5.53. The third-order valence-electron chi connectivity index (χ3n) is 2.66. The molecule has 0 radical (unpaired) electrons. The van der Waals surface area contributed by atoms with Crippen molar-refractivity contribution in [3.05, 3.63) is 29.3 Å². The molecule has 0 fully saturated rings. The minimum atomic E-state index is -3.56. The normalized spacial score (nSPS) is 12.1. The summed E-state index contributed by atoms with van der Waals surface area (Å²) in [5.41, 5.74) is 6.20. The Balaban J connectivity index is 3.51. The van der Waals surface area contributed by atoms with E-state index in [2.05, 4.69) is 0 Å². The second-order valence-electron chi connectivity index (χ2n) is 4.60. The number of hydrogen-bond donors (Lipinski definition) is 1. The van der Waals surface area contributed by atoms with Gasteiger partial charge in [-0.1, -0.05) is 13.8 Å². The lowest BCUT2D eigenvalue weighted by molar-refractivity contribution is 0.1000. The molecule has 18 heavy (non-hydrogen) atoms. The van der Waals surface area contributed by atoms with Crippen LogP contribution >= 0.6 is 0 Å². The third kappa shape index (κ3) is 2.88. The summed E-state index contributed by atoms with van der Waals surface area (Å²) in [5, 5.41) is 0. The van der Waals surface area contributed by atoms with Crippen molar-refractivity contribution in [2.45, 2.75) is 24.7 Å². The molecule has 0 atom stereocenters. The molecular formula is C12H18N2O3S. The first-order chi connectivity index (χ1) is 8.16. The van der Waals surface area contributed by atoms with Crippen molar-refractivity contribution in [1.29, 1.82) is 0 Å². The summed E-state index contributed by atoms with van der Waals surface area (Å²) in [5.74, 6) is -0.520. The van der Waals surface area contributed by atoms with E-state index in [1.54, 1.807) is 12.1 Å². The maximum atomic E-state index is 12.1. The number of carbonyl (C=O) groups excluding carboxylic acids is 1. The summed E-state index contributed by atoms with van der Waals surface area (Å²) < 4.78 is 25.2. The Morgan fingerprint density at radius 3 is 2.17 bits per heavy atom. The summed E-state index contributed by atoms with van der Waals surface area (Å²) >= 11 is 0. The SMILES string of the molecule is CC(C)c1cc(C(N)=O)cc(S(=O)(=O)N(C)C)c1. The van der Waals surface area contributed by atoms with Crippen LogP contribution in [0.2, 0.25) is 0 Å². The van der Waals surface area contributed by atoms with Crippen LogP contribution in [0, 0.1) is 0 Å². The molecule has 2 N–H and O–H groups in total. The highest BCUT2D eigenvalue weighted by Crippen LogP contribution is 2.22. The minimum absolute atomic E-state index is 0.0903. The fraction of sp³-hybridized carbons (Fsp3) is 0.417. The molecule has 0 heterocycles. The molecule has 100 valence electrons. The Kier molecular flexibility index (Phi) is 4.13. The van der Waals surface area contributed by atoms with E-state index in [0.29, 0.717) is 0 Å². The van der Waals surface area contributed by atoms with E-state index >= 15 is 0 Å². The number of hydrogen-bond acceptors (Lipinski definition) is 3. The number of benzene rings is 1. The number of rotatable bonds is 4. The van der Waals surface area contributed by atoms with Crippen molar-refractivity contribution < 1.29 is 13.2 Å². The molecule has 5 nitrogen and oxygen atoms in total. The average Bonchev–Trinajstić information content (AvgIpc) is 2.27. The molecule has 1 rings (SSSR count). The van der Waals surface area contributed by atoms with Crippen LogP contribution in [0.1, 0.15) is 35.7 Å². The van der Waals surface area contributed by atoms with Gasteiger partial charge in [0, 0.05) is 19.7 Å². The number of nitrogens with two attached hydrogens (primary N) is 1. The number of carbonyl (C=O) groups is 1. The zero-order chi connectivity index (χ0) is 14.1. The molecule has 1 aromatic rings. The van der Waals surface area contributed by atoms with Gasteiger partial charge in [-0.2, -0.15) is 0 Å². The lowest BCUT2D eigenvalue weighted by Gasteiger charge is -2.15. The number of nitrogens with zero attached hydrogens (tertiary/aromatic N) is 1. The van der Waals surface area contributed by atoms with Gasteiger partial charge >= 0.3 is 0 Å². The number of sulfonamides is 1. The predicted octanol–water partition coefficient (Wildman–Crippen LogP) is 1.16. The van der Waals surface area contributed by atoms with Crippen molar-refractivity contribution in [3.63, 3.8) is 0 Å². The highest BCUT2D eigenvalue weighted by molar-refractivity contribution is 7.89. The van der Waals surface area contributed by atoms with Gasteiger partial charge < -0.3 is 5.73 Å². The molecule has 1 amide bonds. The van der Waals surface area contributed by atoms with Gasteiger partial charge in [-0.25, -0.2) is 12.7 Å². The Morgan fingerprint density at radius 1 is 1.22 bits per heavy atom. The predicted molar refractivity (Wildman–Crippen MR) is 69.9 cm³/mol. The molecule has 0 spiro atoms. The van der Waals surface area contributed by atoms with E-state index < -0.39 is 15.9 Å². The maximum Gasteiger partial charge on any atom is 0.248 e. The molecule has 0 aromatic heterocycles. The van der Waals surface area contributed by atoms with Gasteiger partial charge in [0.2, 0.25) is 15.9 Å². The van der Waals surface area contributed by atoms with Crippen LogP contribution in [-0.2, 0) is 10.0 Å². The van der Waals surface area contributed by atoms with Crippen molar-refractivity contribution in [2.75, 3.05) is 14.1 Å². The molecular weight excluding hydrogens is 252 g/mol. The number of primary amides is 1. The quantitative estimate of drug-likeness (QED) is 0.891. The van der Waals surface area contributed by atoms with Crippen LogP contribution in [0.5, 0.6) is 0 Å². The summed E-state index contributed by atoms with van der Waals surface area (Å²) in [7, 11) is -0.672. The van der Waals surface area contributed by atoms with E-state index in [-0.39, 0.29) is 16.4 Å². The molecule has 1 aromatic carbocycles. The van der Waals surface area contributed by atoms with Crippen LogP contribution in [-0.4, -0.2) is 32.7 Å². The molecule has 0 unspecified atom stereocenters. The van der Waals surface area contributed by atoms with Crippen LogP contribution in [0.15, 0.2) is 23.1 Å². The molecule has 0 bridgehead atoms. The first-order valence-corrected chi connectivity index (χ1v) is 6.97. The fourth-order valence-electron chi connectivity index (χ4n) is 1.46. The van der Waals surface area contributed by atoms with Crippen molar-refractivity contribution in [1.82, 2.24) is 4.31 Å². The Labute approximate surface area is 108 Å². The van der Waals surface area contributed by atoms with Crippen molar-refractivity contribution in [2.24, 2.45) is 5.73 Å². The molecule has 0 saturated carbocycles. The van der Waals surface area contributed by atoms with Gasteiger partial charge in [-0.05, 0) is 29.7 Å². The maximum absolute atomic E-state index is 12.1.